The SMILES string of the molecule is CC#CC(=O)OCC[N+](C)(C)C.CC#CC(=O)OCC[N+](CC)(CC)CC.CC#CC(=O)OCC[N+](CC)(CCC)CCC.CC#CC(=O)OCC[N+](CC)(CCC)CCCC.CCCC[N+](CC)(CCC)CCOC(=O)c1ccco1.CCC[N+](CC)(CCC)CCOC(=O)c1ccco1.CC[N+](CC)(CC)CCOC(=O)c1ccco1.C[N+](C)(C)CCOC(=O)c1ccco1. The van der Waals surface area contributed by atoms with Gasteiger partial charge in [-0.05, 0) is 197 Å². The number of ether oxygens (including phenoxy) is 8. The Morgan fingerprint density at radius 3 is 0.568 bits per heavy atom. The Kier molecular flexibility index (Phi) is 76.4. The molecule has 0 bridgehead atoms. The van der Waals surface area contributed by atoms with Gasteiger partial charge in [0.05, 0.1) is 185 Å². The van der Waals surface area contributed by atoms with E-state index < -0.39 is 29.8 Å². The lowest BCUT2D eigenvalue weighted by atomic mass is 10.2. The molecule has 0 radical (unpaired) electrons. The van der Waals surface area contributed by atoms with Crippen molar-refractivity contribution in [3.63, 3.8) is 0 Å². The minimum Gasteiger partial charge on any atom is -0.457 e. The van der Waals surface area contributed by atoms with Crippen molar-refractivity contribution in [3.05, 3.63) is 96.6 Å². The molecule has 0 N–H and O–H groups in total. The Balaban J connectivity index is -0.000000712. The van der Waals surface area contributed by atoms with Gasteiger partial charge in [0.1, 0.15) is 105 Å². The summed E-state index contributed by atoms with van der Waals surface area (Å²) in [5, 5.41) is 0. The second kappa shape index (κ2) is 78.2. The molecule has 0 fully saturated rings. The molecule has 4 aromatic rings. The maximum atomic E-state index is 11.7. The lowest BCUT2D eigenvalue weighted by molar-refractivity contribution is -0.926. The van der Waals surface area contributed by atoms with Crippen molar-refractivity contribution >= 4 is 47.8 Å². The Hall–Kier alpha value is -9.20. The van der Waals surface area contributed by atoms with Crippen LogP contribution in [0.5, 0.6) is 0 Å². The van der Waals surface area contributed by atoms with E-state index in [1.165, 1.54) is 70.2 Å². The second-order valence-electron chi connectivity index (χ2n) is 34.6. The molecule has 4 heterocycles. The van der Waals surface area contributed by atoms with Gasteiger partial charge in [0.2, 0.25) is 23.0 Å². The summed E-state index contributed by atoms with van der Waals surface area (Å²) in [7, 11) is 12.3. The predicted octanol–water partition coefficient (Wildman–Crippen LogP) is 16.5. The van der Waals surface area contributed by atoms with E-state index in [-0.39, 0.29) is 40.9 Å². The third kappa shape index (κ3) is 62.3. The number of furan rings is 4. The van der Waals surface area contributed by atoms with Gasteiger partial charge >= 0.3 is 47.8 Å². The number of esters is 8. The summed E-state index contributed by atoms with van der Waals surface area (Å²) in [5.41, 5.74) is 0. The Morgan fingerprint density at radius 1 is 0.235 bits per heavy atom. The zero-order valence-electron chi connectivity index (χ0n) is 87.8. The number of quaternary nitrogens is 8. The van der Waals surface area contributed by atoms with Gasteiger partial charge in [0, 0.05) is 23.7 Å². The molecule has 28 heteroatoms. The fourth-order valence-corrected chi connectivity index (χ4v) is 14.6. The van der Waals surface area contributed by atoms with E-state index in [9.17, 15) is 38.4 Å². The molecule has 0 saturated heterocycles. The number of hydrogen-bond donors (Lipinski definition) is 0. The average Bonchev–Trinajstić information content (AvgIpc) is 0.945. The van der Waals surface area contributed by atoms with Crippen LogP contribution in [0.1, 0.15) is 259 Å². The summed E-state index contributed by atoms with van der Waals surface area (Å²) in [6.45, 7) is 76.5. The monoisotopic (exact) mass is 1870 g/mol. The highest BCUT2D eigenvalue weighted by atomic mass is 16.6. The molecule has 0 amide bonds. The van der Waals surface area contributed by atoms with Gasteiger partial charge in [-0.2, -0.15) is 0 Å². The minimum atomic E-state index is -0.439. The zero-order chi connectivity index (χ0) is 101. The van der Waals surface area contributed by atoms with E-state index in [0.717, 1.165) is 225 Å². The van der Waals surface area contributed by atoms with Gasteiger partial charge in [-0.15, -0.1) is 0 Å². The van der Waals surface area contributed by atoms with Gasteiger partial charge in [-0.1, -0.05) is 91.9 Å². The van der Waals surface area contributed by atoms with Crippen LogP contribution in [-0.2, 0) is 57.1 Å². The molecular weight excluding hydrogens is 1680 g/mol. The first-order valence-corrected chi connectivity index (χ1v) is 48.8. The van der Waals surface area contributed by atoms with Crippen LogP contribution in [0.4, 0.5) is 0 Å². The van der Waals surface area contributed by atoms with E-state index in [0.29, 0.717) is 52.9 Å². The molecule has 0 spiro atoms. The molecule has 0 aromatic carbocycles. The third-order valence-electron chi connectivity index (χ3n) is 23.4. The lowest BCUT2D eigenvalue weighted by Gasteiger charge is -2.37. The van der Waals surface area contributed by atoms with E-state index in [4.69, 9.17) is 55.6 Å². The molecule has 28 nitrogen and oxygen atoms in total. The normalized spacial score (nSPS) is 11.7. The molecule has 132 heavy (non-hydrogen) atoms. The number of hydrogen-bond acceptors (Lipinski definition) is 20. The molecular formula is C104H184N8O20+8. The lowest BCUT2D eigenvalue weighted by Crippen LogP contribution is -2.51. The predicted molar refractivity (Wildman–Crippen MR) is 526 cm³/mol. The van der Waals surface area contributed by atoms with Crippen molar-refractivity contribution < 1.29 is 130 Å². The molecule has 0 saturated carbocycles. The molecule has 0 aliphatic carbocycles. The molecule has 0 aliphatic rings. The maximum Gasteiger partial charge on any atom is 0.384 e. The average molecular weight is 1870 g/mol. The third-order valence-corrected chi connectivity index (χ3v) is 23.4. The van der Waals surface area contributed by atoms with Gasteiger partial charge in [0.25, 0.3) is 0 Å². The summed E-state index contributed by atoms with van der Waals surface area (Å²) < 4.78 is 68.5. The first-order chi connectivity index (χ1) is 62.9. The summed E-state index contributed by atoms with van der Waals surface area (Å²) in [4.78, 5) is 90.2. The molecule has 4 aromatic heterocycles. The van der Waals surface area contributed by atoms with Crippen LogP contribution in [0.2, 0.25) is 0 Å². The minimum absolute atomic E-state index is 0.256. The number of unbranched alkanes of at least 4 members (excludes halogenated alkanes) is 2. The quantitative estimate of drug-likeness (QED) is 0.0131. The topological polar surface area (TPSA) is 263 Å². The van der Waals surface area contributed by atoms with E-state index >= 15 is 0 Å². The fourth-order valence-electron chi connectivity index (χ4n) is 14.6. The number of carbonyl (C=O) groups excluding carboxylic acids is 8. The van der Waals surface area contributed by atoms with Crippen molar-refractivity contribution in [2.45, 2.75) is 217 Å². The summed E-state index contributed by atoms with van der Waals surface area (Å²) in [6, 6.07) is 13.2. The smallest absolute Gasteiger partial charge is 0.384 e. The van der Waals surface area contributed by atoms with Gasteiger partial charge in [0.15, 0.2) is 0 Å². The van der Waals surface area contributed by atoms with E-state index in [2.05, 4.69) is 172 Å². The summed E-state index contributed by atoms with van der Waals surface area (Å²) in [5.74, 6) is 17.5. The van der Waals surface area contributed by atoms with Gasteiger partial charge in [-0.25, -0.2) is 38.4 Å². The highest BCUT2D eigenvalue weighted by molar-refractivity contribution is 5.90. The largest absolute Gasteiger partial charge is 0.457 e. The highest BCUT2D eigenvalue weighted by Crippen LogP contribution is 2.17. The van der Waals surface area contributed by atoms with E-state index in [1.54, 1.807) is 76.2 Å². The van der Waals surface area contributed by atoms with Crippen LogP contribution in [0.25, 0.3) is 0 Å². The van der Waals surface area contributed by atoms with Crippen molar-refractivity contribution in [1.82, 2.24) is 0 Å². The maximum absolute atomic E-state index is 11.7. The van der Waals surface area contributed by atoms with Crippen molar-refractivity contribution in [2.24, 2.45) is 0 Å². The standard InChI is InChI=1S/C16H28NO3.C15H26NO3.C15H28NO2.C14H26NO2.C13H22NO3.C12H22NO2.C10H16NO3.C9H16NO2/c1-4-7-11-17(6-3,10-5-2)12-14-20-16(18)15-9-8-13-19-15;1-4-9-16(6-3,10-5-2)11-13-19-15(17)14-8-7-12-18-14;1-5-9-12-16(8-4,11-7-3)13-14-18-15(17)10-6-2;1-5-9-14(16)17-13-12-15(8-4,10-6-2)11-7-3;1-4-14(5-2,6-3)9-11-17-13(15)12-8-7-10-16-12;1-5-9-12(14)15-11-10-13(6-2,7-3)8-4;1-11(2,3)6-8-14-10(12)9-5-4-7-13-9;1-5-6-9(11)12-8-7-10(2,3)4/h8-9,13H,4-7,10-12,14H2,1-3H3;7-8,12H,4-6,9-11,13H2,1-3H3;5,7-9,11-14H2,1-4H3;6-8,10-13H2,1-4H3;7-8,10H,4-6,9,11H2,1-3H3;6-8,10-11H2,1-4H3;4-5,7H,6,8H2,1-3H3;7-8H2,1-4H3/q8*+1. The first kappa shape index (κ1) is 129. The van der Waals surface area contributed by atoms with Crippen LogP contribution >= 0.6 is 0 Å². The fraction of sp³-hybridized carbons (Fsp3) is 0.692. The molecule has 0 aliphatic heterocycles. The number of carbonyl (C=O) groups is 8. The molecule has 2 atom stereocenters. The Morgan fingerprint density at radius 2 is 0.409 bits per heavy atom. The van der Waals surface area contributed by atoms with Crippen molar-refractivity contribution in [1.29, 1.82) is 0 Å². The van der Waals surface area contributed by atoms with Crippen LogP contribution in [0, 0.1) is 47.4 Å². The van der Waals surface area contributed by atoms with Gasteiger partial charge < -0.3 is 91.4 Å². The summed E-state index contributed by atoms with van der Waals surface area (Å²) >= 11 is 0. The summed E-state index contributed by atoms with van der Waals surface area (Å²) in [6.07, 6.45) is 17.7. The van der Waals surface area contributed by atoms with E-state index in [1.807, 2.05) is 42.3 Å². The van der Waals surface area contributed by atoms with Crippen molar-refractivity contribution in [2.75, 3.05) is 265 Å². The first-order valence-electron chi connectivity index (χ1n) is 48.8. The molecule has 4 rings (SSSR count). The molecule has 2 unspecified atom stereocenters. The van der Waals surface area contributed by atoms with Crippen LogP contribution in [0.15, 0.2) is 91.3 Å². The number of nitrogens with zero attached hydrogens (tertiary/aromatic N) is 8. The van der Waals surface area contributed by atoms with Gasteiger partial charge in [-0.3, -0.25) is 0 Å². The van der Waals surface area contributed by atoms with Crippen LogP contribution < -0.4 is 0 Å². The zero-order valence-corrected chi connectivity index (χ0v) is 87.8. The van der Waals surface area contributed by atoms with Crippen molar-refractivity contribution in [3.8, 4) is 47.4 Å². The molecule has 752 valence electrons. The Bertz CT molecular complexity index is 3820. The second-order valence-corrected chi connectivity index (χ2v) is 34.6. The highest BCUT2D eigenvalue weighted by Gasteiger charge is 2.30. The van der Waals surface area contributed by atoms with Crippen LogP contribution in [-0.4, -0.2) is 349 Å². The van der Waals surface area contributed by atoms with Crippen LogP contribution in [0.3, 0.4) is 0 Å². The number of rotatable bonds is 56. The Labute approximate surface area is 799 Å². The number of likely N-dealkylation sites (N-methyl/N-ethyl adjacent to an activating group) is 8.